The van der Waals surface area contributed by atoms with Gasteiger partial charge in [0.1, 0.15) is 5.75 Å². The van der Waals surface area contributed by atoms with E-state index in [0.717, 1.165) is 11.1 Å². The largest absolute Gasteiger partial charge is 0.496 e. The maximum atomic E-state index is 13.5. The van der Waals surface area contributed by atoms with Crippen molar-refractivity contribution in [3.05, 3.63) is 89.5 Å². The fourth-order valence-corrected chi connectivity index (χ4v) is 4.89. The Morgan fingerprint density at radius 3 is 2.28 bits per heavy atom. The highest BCUT2D eigenvalue weighted by molar-refractivity contribution is 7.89. The third kappa shape index (κ3) is 5.75. The Labute approximate surface area is 189 Å². The van der Waals surface area contributed by atoms with E-state index in [1.54, 1.807) is 32.2 Å². The van der Waals surface area contributed by atoms with Gasteiger partial charge in [-0.3, -0.25) is 4.79 Å². The summed E-state index contributed by atoms with van der Waals surface area (Å²) in [6.07, 6.45) is 0.493. The molecule has 0 heterocycles. The Morgan fingerprint density at radius 2 is 1.62 bits per heavy atom. The van der Waals surface area contributed by atoms with Gasteiger partial charge in [-0.25, -0.2) is 8.42 Å². The number of nitrogens with one attached hydrogen (secondary N) is 1. The lowest BCUT2D eigenvalue weighted by molar-refractivity contribution is -0.116. The van der Waals surface area contributed by atoms with Crippen molar-refractivity contribution in [3.8, 4) is 5.75 Å². The summed E-state index contributed by atoms with van der Waals surface area (Å²) in [6, 6.07) is 21.7. The molecule has 1 N–H and O–H groups in total. The molecule has 32 heavy (non-hydrogen) atoms. The zero-order valence-electron chi connectivity index (χ0n) is 18.5. The standard InChI is InChI=1S/C25H28N2O4S/c1-19-9-7-8-12-23(19)26-25(28)18-27(16-15-21-10-5-4-6-11-21)32(29,30)22-13-14-24(31-3)20(2)17-22/h4-14,17H,15-16,18H2,1-3H3,(H,26,28). The molecule has 0 atom stereocenters. The second-order valence-electron chi connectivity index (χ2n) is 7.57. The molecule has 0 aliphatic heterocycles. The van der Waals surface area contributed by atoms with Gasteiger partial charge in [0.05, 0.1) is 18.6 Å². The minimum absolute atomic E-state index is 0.132. The highest BCUT2D eigenvalue weighted by Gasteiger charge is 2.27. The first kappa shape index (κ1) is 23.5. The lowest BCUT2D eigenvalue weighted by Gasteiger charge is -2.22. The first-order chi connectivity index (χ1) is 15.3. The third-order valence-corrected chi connectivity index (χ3v) is 7.08. The van der Waals surface area contributed by atoms with Crippen LogP contribution < -0.4 is 10.1 Å². The van der Waals surface area contributed by atoms with Crippen molar-refractivity contribution >= 4 is 21.6 Å². The summed E-state index contributed by atoms with van der Waals surface area (Å²) >= 11 is 0. The van der Waals surface area contributed by atoms with Crippen molar-refractivity contribution in [2.45, 2.75) is 25.2 Å². The van der Waals surface area contributed by atoms with Gasteiger partial charge in [0, 0.05) is 12.2 Å². The summed E-state index contributed by atoms with van der Waals surface area (Å²) in [7, 11) is -2.36. The summed E-state index contributed by atoms with van der Waals surface area (Å²) in [6.45, 7) is 3.57. The maximum absolute atomic E-state index is 13.5. The topological polar surface area (TPSA) is 75.7 Å². The number of carbonyl (C=O) groups excluding carboxylic acids is 1. The van der Waals surface area contributed by atoms with E-state index in [0.29, 0.717) is 23.4 Å². The Kier molecular flexibility index (Phi) is 7.66. The van der Waals surface area contributed by atoms with Crippen LogP contribution in [0.3, 0.4) is 0 Å². The molecule has 0 saturated carbocycles. The van der Waals surface area contributed by atoms with Gasteiger partial charge in [-0.05, 0) is 61.2 Å². The van der Waals surface area contributed by atoms with E-state index in [1.165, 1.54) is 10.4 Å². The van der Waals surface area contributed by atoms with E-state index < -0.39 is 10.0 Å². The number of rotatable bonds is 9. The fourth-order valence-electron chi connectivity index (χ4n) is 3.41. The number of hydrogen-bond acceptors (Lipinski definition) is 4. The summed E-state index contributed by atoms with van der Waals surface area (Å²) in [5.74, 6) is 0.221. The second-order valence-corrected chi connectivity index (χ2v) is 9.51. The van der Waals surface area contributed by atoms with Gasteiger partial charge in [0.2, 0.25) is 15.9 Å². The smallest absolute Gasteiger partial charge is 0.243 e. The van der Waals surface area contributed by atoms with Crippen LogP contribution in [0.4, 0.5) is 5.69 Å². The number of amides is 1. The molecule has 1 amide bonds. The van der Waals surface area contributed by atoms with Crippen LogP contribution in [0.15, 0.2) is 77.7 Å². The van der Waals surface area contributed by atoms with Crippen molar-refractivity contribution in [3.63, 3.8) is 0 Å². The summed E-state index contributed by atoms with van der Waals surface area (Å²) in [5.41, 5.74) is 3.28. The Morgan fingerprint density at radius 1 is 0.938 bits per heavy atom. The van der Waals surface area contributed by atoms with Crippen LogP contribution in [0, 0.1) is 13.8 Å². The molecule has 7 heteroatoms. The molecule has 168 valence electrons. The number of ether oxygens (including phenoxy) is 1. The number of sulfonamides is 1. The number of anilines is 1. The highest BCUT2D eigenvalue weighted by Crippen LogP contribution is 2.24. The van der Waals surface area contributed by atoms with E-state index in [2.05, 4.69) is 5.32 Å². The Bertz CT molecular complexity index is 1180. The Balaban J connectivity index is 1.86. The minimum atomic E-state index is -3.90. The van der Waals surface area contributed by atoms with Crippen molar-refractivity contribution in [1.82, 2.24) is 4.31 Å². The highest BCUT2D eigenvalue weighted by atomic mass is 32.2. The zero-order valence-corrected chi connectivity index (χ0v) is 19.4. The number of nitrogens with zero attached hydrogens (tertiary/aromatic N) is 1. The van der Waals surface area contributed by atoms with E-state index in [9.17, 15) is 13.2 Å². The molecule has 3 rings (SSSR count). The normalized spacial score (nSPS) is 11.4. The average Bonchev–Trinajstić information content (AvgIpc) is 2.78. The Hall–Kier alpha value is -3.16. The van der Waals surface area contributed by atoms with E-state index in [-0.39, 0.29) is 23.9 Å². The first-order valence-electron chi connectivity index (χ1n) is 10.4. The molecule has 0 radical (unpaired) electrons. The molecule has 0 bridgehead atoms. The number of para-hydroxylation sites is 1. The molecule has 6 nitrogen and oxygen atoms in total. The summed E-state index contributed by atoms with van der Waals surface area (Å²) < 4.78 is 33.4. The van der Waals surface area contributed by atoms with Gasteiger partial charge in [0.15, 0.2) is 0 Å². The van der Waals surface area contributed by atoms with Crippen LogP contribution in [0.1, 0.15) is 16.7 Å². The molecule has 0 fully saturated rings. The van der Waals surface area contributed by atoms with Crippen molar-refractivity contribution in [2.24, 2.45) is 0 Å². The van der Waals surface area contributed by atoms with Gasteiger partial charge in [-0.2, -0.15) is 4.31 Å². The van der Waals surface area contributed by atoms with Crippen molar-refractivity contribution < 1.29 is 17.9 Å². The summed E-state index contributed by atoms with van der Waals surface area (Å²) in [5, 5.41) is 2.83. The summed E-state index contributed by atoms with van der Waals surface area (Å²) in [4.78, 5) is 12.9. The molecule has 3 aromatic rings. The monoisotopic (exact) mass is 452 g/mol. The van der Waals surface area contributed by atoms with E-state index in [4.69, 9.17) is 4.74 Å². The fraction of sp³-hybridized carbons (Fsp3) is 0.240. The van der Waals surface area contributed by atoms with Crippen LogP contribution in [0.5, 0.6) is 5.75 Å². The maximum Gasteiger partial charge on any atom is 0.243 e. The lowest BCUT2D eigenvalue weighted by Crippen LogP contribution is -2.39. The van der Waals surface area contributed by atoms with Crippen LogP contribution >= 0.6 is 0 Å². The minimum Gasteiger partial charge on any atom is -0.496 e. The number of hydrogen-bond donors (Lipinski definition) is 1. The number of carbonyl (C=O) groups is 1. The number of aryl methyl sites for hydroxylation is 2. The quantitative estimate of drug-likeness (QED) is 0.528. The predicted molar refractivity (Wildman–Crippen MR) is 126 cm³/mol. The first-order valence-corrected chi connectivity index (χ1v) is 11.8. The zero-order chi connectivity index (χ0) is 23.1. The van der Waals surface area contributed by atoms with E-state index in [1.807, 2.05) is 55.5 Å². The molecular weight excluding hydrogens is 424 g/mol. The average molecular weight is 453 g/mol. The van der Waals surface area contributed by atoms with Crippen LogP contribution in [-0.2, 0) is 21.2 Å². The number of benzene rings is 3. The van der Waals surface area contributed by atoms with Crippen LogP contribution in [0.25, 0.3) is 0 Å². The third-order valence-electron chi connectivity index (χ3n) is 5.24. The molecule has 0 aromatic heterocycles. The second kappa shape index (κ2) is 10.4. The molecule has 0 saturated heterocycles. The van der Waals surface area contributed by atoms with E-state index >= 15 is 0 Å². The molecule has 0 aliphatic rings. The van der Waals surface area contributed by atoms with Crippen molar-refractivity contribution in [1.29, 1.82) is 0 Å². The number of methoxy groups -OCH3 is 1. The van der Waals surface area contributed by atoms with Crippen LogP contribution in [0.2, 0.25) is 0 Å². The van der Waals surface area contributed by atoms with Gasteiger partial charge >= 0.3 is 0 Å². The molecule has 3 aromatic carbocycles. The van der Waals surface area contributed by atoms with Gasteiger partial charge in [-0.15, -0.1) is 0 Å². The predicted octanol–water partition coefficient (Wildman–Crippen LogP) is 4.18. The van der Waals surface area contributed by atoms with Gasteiger partial charge < -0.3 is 10.1 Å². The molecular formula is C25H28N2O4S. The van der Waals surface area contributed by atoms with Gasteiger partial charge in [-0.1, -0.05) is 48.5 Å². The SMILES string of the molecule is COc1ccc(S(=O)(=O)N(CCc2ccccc2)CC(=O)Nc2ccccc2C)cc1C. The lowest BCUT2D eigenvalue weighted by atomic mass is 10.1. The van der Waals surface area contributed by atoms with Gasteiger partial charge in [0.25, 0.3) is 0 Å². The van der Waals surface area contributed by atoms with Crippen molar-refractivity contribution in [2.75, 3.05) is 25.5 Å². The molecule has 0 unspecified atom stereocenters. The molecule has 0 spiro atoms. The van der Waals surface area contributed by atoms with Crippen LogP contribution in [-0.4, -0.2) is 38.8 Å². The molecule has 0 aliphatic carbocycles.